The Labute approximate surface area is 136 Å². The van der Waals surface area contributed by atoms with E-state index in [1.165, 1.54) is 5.56 Å². The molecule has 0 aliphatic rings. The highest BCUT2D eigenvalue weighted by atomic mass is 16.5. The Morgan fingerprint density at radius 2 is 1.70 bits per heavy atom. The molecule has 116 valence electrons. The van der Waals surface area contributed by atoms with Gasteiger partial charge in [-0.2, -0.15) is 0 Å². The van der Waals surface area contributed by atoms with E-state index in [0.717, 1.165) is 34.3 Å². The van der Waals surface area contributed by atoms with Crippen LogP contribution in [0.25, 0.3) is 11.3 Å². The summed E-state index contributed by atoms with van der Waals surface area (Å²) in [4.78, 5) is 9.00. The number of hydrogen-bond donors (Lipinski definition) is 1. The molecule has 3 aromatic rings. The maximum Gasteiger partial charge on any atom is 0.134 e. The lowest BCUT2D eigenvalue weighted by Gasteiger charge is -2.10. The minimum atomic E-state index is 0.730. The molecule has 4 heteroatoms. The number of anilines is 2. The molecular formula is C19H19N3O. The maximum atomic E-state index is 5.20. The summed E-state index contributed by atoms with van der Waals surface area (Å²) in [6.07, 6.45) is 0. The second-order valence-electron chi connectivity index (χ2n) is 5.41. The quantitative estimate of drug-likeness (QED) is 0.770. The van der Waals surface area contributed by atoms with Crippen molar-refractivity contribution in [2.24, 2.45) is 0 Å². The average Bonchev–Trinajstić information content (AvgIpc) is 2.54. The summed E-state index contributed by atoms with van der Waals surface area (Å²) in [5, 5.41) is 3.34. The molecule has 3 rings (SSSR count). The first-order valence-electron chi connectivity index (χ1n) is 7.48. The number of hydrogen-bond acceptors (Lipinski definition) is 4. The van der Waals surface area contributed by atoms with Crippen molar-refractivity contribution in [3.8, 4) is 17.0 Å². The van der Waals surface area contributed by atoms with Crippen molar-refractivity contribution in [2.45, 2.75) is 13.8 Å². The highest BCUT2D eigenvalue weighted by Gasteiger charge is 2.05. The molecule has 1 aromatic heterocycles. The number of ether oxygens (including phenoxy) is 1. The second kappa shape index (κ2) is 6.48. The van der Waals surface area contributed by atoms with Crippen molar-refractivity contribution in [1.29, 1.82) is 0 Å². The highest BCUT2D eigenvalue weighted by Crippen LogP contribution is 2.24. The topological polar surface area (TPSA) is 47.0 Å². The Bertz CT molecular complexity index is 813. The third kappa shape index (κ3) is 3.66. The molecule has 1 N–H and O–H groups in total. The van der Waals surface area contributed by atoms with E-state index in [9.17, 15) is 0 Å². The predicted molar refractivity (Wildman–Crippen MR) is 93.2 cm³/mol. The van der Waals surface area contributed by atoms with Gasteiger partial charge in [-0.05, 0) is 55.8 Å². The zero-order valence-corrected chi connectivity index (χ0v) is 13.5. The normalized spacial score (nSPS) is 10.4. The number of nitrogens with one attached hydrogen (secondary N) is 1. The summed E-state index contributed by atoms with van der Waals surface area (Å²) < 4.78 is 5.20. The highest BCUT2D eigenvalue weighted by molar-refractivity contribution is 5.66. The smallest absolute Gasteiger partial charge is 0.134 e. The molecule has 1 heterocycles. The van der Waals surface area contributed by atoms with Crippen LogP contribution in [0.4, 0.5) is 11.5 Å². The number of nitrogens with zero attached hydrogens (tertiary/aromatic N) is 2. The minimum Gasteiger partial charge on any atom is -0.497 e. The molecule has 0 atom stereocenters. The Kier molecular flexibility index (Phi) is 4.24. The van der Waals surface area contributed by atoms with E-state index in [4.69, 9.17) is 4.74 Å². The molecule has 0 aliphatic carbocycles. The van der Waals surface area contributed by atoms with Crippen LogP contribution in [0, 0.1) is 13.8 Å². The van der Waals surface area contributed by atoms with Gasteiger partial charge in [0.2, 0.25) is 0 Å². The van der Waals surface area contributed by atoms with Gasteiger partial charge in [-0.3, -0.25) is 0 Å². The monoisotopic (exact) mass is 305 g/mol. The zero-order chi connectivity index (χ0) is 16.2. The molecule has 0 unspecified atom stereocenters. The fourth-order valence-corrected chi connectivity index (χ4v) is 2.41. The summed E-state index contributed by atoms with van der Waals surface area (Å²) in [5.41, 5.74) is 4.14. The number of aryl methyl sites for hydroxylation is 2. The number of rotatable bonds is 4. The predicted octanol–water partition coefficient (Wildman–Crippen LogP) is 4.51. The van der Waals surface area contributed by atoms with Crippen molar-refractivity contribution in [2.75, 3.05) is 12.4 Å². The van der Waals surface area contributed by atoms with E-state index in [2.05, 4.69) is 34.3 Å². The largest absolute Gasteiger partial charge is 0.497 e. The lowest BCUT2D eigenvalue weighted by atomic mass is 10.1. The van der Waals surface area contributed by atoms with Gasteiger partial charge in [0.15, 0.2) is 0 Å². The van der Waals surface area contributed by atoms with Gasteiger partial charge in [0.1, 0.15) is 17.4 Å². The minimum absolute atomic E-state index is 0.730. The third-order valence-corrected chi connectivity index (χ3v) is 3.51. The van der Waals surface area contributed by atoms with Gasteiger partial charge in [-0.1, -0.05) is 12.1 Å². The van der Waals surface area contributed by atoms with Crippen LogP contribution in [0.5, 0.6) is 5.75 Å². The summed E-state index contributed by atoms with van der Waals surface area (Å²) >= 11 is 0. The van der Waals surface area contributed by atoms with Crippen LogP contribution < -0.4 is 10.1 Å². The summed E-state index contributed by atoms with van der Waals surface area (Å²) in [5.74, 6) is 2.35. The average molecular weight is 305 g/mol. The van der Waals surface area contributed by atoms with Crippen LogP contribution in [-0.2, 0) is 0 Å². The Morgan fingerprint density at radius 1 is 0.913 bits per heavy atom. The molecule has 0 aliphatic heterocycles. The number of benzene rings is 2. The second-order valence-corrected chi connectivity index (χ2v) is 5.41. The van der Waals surface area contributed by atoms with Gasteiger partial charge < -0.3 is 10.1 Å². The van der Waals surface area contributed by atoms with Crippen LogP contribution in [0.2, 0.25) is 0 Å². The van der Waals surface area contributed by atoms with Crippen molar-refractivity contribution in [3.05, 3.63) is 66.0 Å². The molecule has 0 amide bonds. The SMILES string of the molecule is COc1ccc(-c2cc(Nc3cccc(C)c3)nc(C)n2)cc1. The summed E-state index contributed by atoms with van der Waals surface area (Å²) in [7, 11) is 1.66. The fraction of sp³-hybridized carbons (Fsp3) is 0.158. The first-order chi connectivity index (χ1) is 11.1. The van der Waals surface area contributed by atoms with E-state index in [1.54, 1.807) is 7.11 Å². The Balaban J connectivity index is 1.92. The van der Waals surface area contributed by atoms with Gasteiger partial charge >= 0.3 is 0 Å². The summed E-state index contributed by atoms with van der Waals surface area (Å²) in [6, 6.07) is 18.0. The fourth-order valence-electron chi connectivity index (χ4n) is 2.41. The molecule has 4 nitrogen and oxygen atoms in total. The molecule has 0 radical (unpaired) electrons. The first-order valence-corrected chi connectivity index (χ1v) is 7.48. The molecule has 0 spiro atoms. The van der Waals surface area contributed by atoms with Crippen molar-refractivity contribution < 1.29 is 4.74 Å². The standard InChI is InChI=1S/C19H19N3O/c1-13-5-4-6-16(11-13)22-19-12-18(20-14(2)21-19)15-7-9-17(23-3)10-8-15/h4-12H,1-3H3,(H,20,21,22). The van der Waals surface area contributed by atoms with Gasteiger partial charge in [-0.15, -0.1) is 0 Å². The Hall–Kier alpha value is -2.88. The molecule has 0 saturated heterocycles. The van der Waals surface area contributed by atoms with Crippen molar-refractivity contribution in [1.82, 2.24) is 9.97 Å². The number of methoxy groups -OCH3 is 1. The van der Waals surface area contributed by atoms with E-state index >= 15 is 0 Å². The zero-order valence-electron chi connectivity index (χ0n) is 13.5. The van der Waals surface area contributed by atoms with Gasteiger partial charge in [0.25, 0.3) is 0 Å². The molecule has 23 heavy (non-hydrogen) atoms. The van der Waals surface area contributed by atoms with Crippen LogP contribution >= 0.6 is 0 Å². The third-order valence-electron chi connectivity index (χ3n) is 3.51. The van der Waals surface area contributed by atoms with Crippen LogP contribution in [0.15, 0.2) is 54.6 Å². The first kappa shape index (κ1) is 15.0. The molecule has 0 fully saturated rings. The molecule has 2 aromatic carbocycles. The molecular weight excluding hydrogens is 286 g/mol. The van der Waals surface area contributed by atoms with E-state index in [-0.39, 0.29) is 0 Å². The van der Waals surface area contributed by atoms with E-state index < -0.39 is 0 Å². The van der Waals surface area contributed by atoms with E-state index in [0.29, 0.717) is 0 Å². The van der Waals surface area contributed by atoms with Crippen LogP contribution in [-0.4, -0.2) is 17.1 Å². The number of aromatic nitrogens is 2. The maximum absolute atomic E-state index is 5.20. The van der Waals surface area contributed by atoms with Gasteiger partial charge in [0, 0.05) is 17.3 Å². The van der Waals surface area contributed by atoms with Gasteiger partial charge in [-0.25, -0.2) is 9.97 Å². The van der Waals surface area contributed by atoms with E-state index in [1.807, 2.05) is 49.4 Å². The van der Waals surface area contributed by atoms with Gasteiger partial charge in [0.05, 0.1) is 12.8 Å². The lowest BCUT2D eigenvalue weighted by molar-refractivity contribution is 0.415. The van der Waals surface area contributed by atoms with Crippen LogP contribution in [0.1, 0.15) is 11.4 Å². The summed E-state index contributed by atoms with van der Waals surface area (Å²) in [6.45, 7) is 3.97. The van der Waals surface area contributed by atoms with Crippen molar-refractivity contribution in [3.63, 3.8) is 0 Å². The van der Waals surface area contributed by atoms with Crippen LogP contribution in [0.3, 0.4) is 0 Å². The Morgan fingerprint density at radius 3 is 2.39 bits per heavy atom. The molecule has 0 saturated carbocycles. The molecule has 0 bridgehead atoms. The van der Waals surface area contributed by atoms with Crippen molar-refractivity contribution >= 4 is 11.5 Å². The lowest BCUT2D eigenvalue weighted by Crippen LogP contribution is -1.99.